The molecule has 3 aromatic rings. The number of para-hydroxylation sites is 1. The zero-order valence-electron chi connectivity index (χ0n) is 12.2. The molecule has 2 amide bonds. The van der Waals surface area contributed by atoms with Gasteiger partial charge >= 0.3 is 0 Å². The Morgan fingerprint density at radius 1 is 1.00 bits per heavy atom. The lowest BCUT2D eigenvalue weighted by atomic mass is 10.1. The highest BCUT2D eigenvalue weighted by atomic mass is 79.9. The number of nitrogens with zero attached hydrogens (tertiary/aromatic N) is 1. The molecule has 4 rings (SSSR count). The largest absolute Gasteiger partial charge is 0.361 e. The average molecular weight is 369 g/mol. The third-order valence-corrected chi connectivity index (χ3v) is 4.71. The van der Waals surface area contributed by atoms with Gasteiger partial charge in [0.15, 0.2) is 0 Å². The summed E-state index contributed by atoms with van der Waals surface area (Å²) < 4.78 is 0.802. The summed E-state index contributed by atoms with van der Waals surface area (Å²) in [4.78, 5) is 29.4. The molecule has 1 aromatic heterocycles. The van der Waals surface area contributed by atoms with Gasteiger partial charge in [0, 0.05) is 28.1 Å². The van der Waals surface area contributed by atoms with Crippen molar-refractivity contribution in [2.75, 3.05) is 6.54 Å². The Morgan fingerprint density at radius 3 is 2.65 bits per heavy atom. The lowest BCUT2D eigenvalue weighted by Gasteiger charge is -2.13. The number of carbonyl (C=O) groups is 2. The first-order valence-electron chi connectivity index (χ1n) is 7.36. The van der Waals surface area contributed by atoms with Crippen molar-refractivity contribution in [1.82, 2.24) is 9.88 Å². The lowest BCUT2D eigenvalue weighted by molar-refractivity contribution is 0.0656. The second-order valence-electron chi connectivity index (χ2n) is 5.56. The number of imide groups is 1. The molecule has 114 valence electrons. The maximum atomic E-state index is 12.5. The number of hydrogen-bond donors (Lipinski definition) is 1. The van der Waals surface area contributed by atoms with Crippen LogP contribution in [0.5, 0.6) is 0 Å². The van der Waals surface area contributed by atoms with Crippen LogP contribution in [0.1, 0.15) is 26.3 Å². The Hall–Kier alpha value is -2.40. The molecule has 0 bridgehead atoms. The predicted molar refractivity (Wildman–Crippen MR) is 91.5 cm³/mol. The van der Waals surface area contributed by atoms with Crippen LogP contribution >= 0.6 is 15.9 Å². The number of halogens is 1. The molecular weight excluding hydrogens is 356 g/mol. The van der Waals surface area contributed by atoms with Gasteiger partial charge in [0.1, 0.15) is 0 Å². The summed E-state index contributed by atoms with van der Waals surface area (Å²) in [6.45, 7) is 0.381. The van der Waals surface area contributed by atoms with E-state index in [9.17, 15) is 9.59 Å². The van der Waals surface area contributed by atoms with Gasteiger partial charge in [0.05, 0.1) is 11.1 Å². The molecule has 1 aliphatic heterocycles. The van der Waals surface area contributed by atoms with Crippen LogP contribution in [-0.2, 0) is 6.42 Å². The predicted octanol–water partition coefficient (Wildman–Crippen LogP) is 3.77. The number of fused-ring (bicyclic) bond motifs is 2. The minimum Gasteiger partial charge on any atom is -0.361 e. The van der Waals surface area contributed by atoms with Gasteiger partial charge in [-0.15, -0.1) is 0 Å². The van der Waals surface area contributed by atoms with Gasteiger partial charge in [-0.2, -0.15) is 0 Å². The molecule has 0 unspecified atom stereocenters. The summed E-state index contributed by atoms with van der Waals surface area (Å²) in [5, 5.41) is 1.13. The van der Waals surface area contributed by atoms with Gasteiger partial charge in [0.2, 0.25) is 0 Å². The number of aromatic amines is 1. The Bertz CT molecular complexity index is 945. The van der Waals surface area contributed by atoms with Crippen molar-refractivity contribution in [2.45, 2.75) is 6.42 Å². The van der Waals surface area contributed by atoms with E-state index in [1.807, 2.05) is 30.5 Å². The molecule has 0 radical (unpaired) electrons. The second-order valence-corrected chi connectivity index (χ2v) is 6.48. The summed E-state index contributed by atoms with van der Waals surface area (Å²) in [5.74, 6) is -0.427. The van der Waals surface area contributed by atoms with Crippen LogP contribution < -0.4 is 0 Å². The molecule has 0 spiro atoms. The van der Waals surface area contributed by atoms with E-state index in [-0.39, 0.29) is 11.8 Å². The fourth-order valence-corrected chi connectivity index (χ4v) is 3.40. The molecule has 4 nitrogen and oxygen atoms in total. The Balaban J connectivity index is 1.58. The number of amides is 2. The monoisotopic (exact) mass is 368 g/mol. The van der Waals surface area contributed by atoms with Crippen molar-refractivity contribution in [3.8, 4) is 0 Å². The standard InChI is InChI=1S/C18H13BrN2O2/c19-12-5-6-14-15(9-12)18(23)21(17(14)22)8-7-11-10-20-16-4-2-1-3-13(11)16/h1-6,9-10,20H,7-8H2. The molecule has 1 aliphatic rings. The lowest BCUT2D eigenvalue weighted by Crippen LogP contribution is -2.31. The normalized spacial score (nSPS) is 13.9. The first kappa shape index (κ1) is 14.2. The second kappa shape index (κ2) is 5.35. The third-order valence-electron chi connectivity index (χ3n) is 4.21. The van der Waals surface area contributed by atoms with E-state index >= 15 is 0 Å². The first-order chi connectivity index (χ1) is 11.1. The van der Waals surface area contributed by atoms with Crippen LogP contribution in [0.15, 0.2) is 53.1 Å². The fourth-order valence-electron chi connectivity index (χ4n) is 3.04. The molecular formula is C18H13BrN2O2. The van der Waals surface area contributed by atoms with Gasteiger partial charge in [-0.05, 0) is 36.2 Å². The number of benzene rings is 2. The van der Waals surface area contributed by atoms with Gasteiger partial charge in [-0.25, -0.2) is 0 Å². The number of H-pyrrole nitrogens is 1. The van der Waals surface area contributed by atoms with Gasteiger partial charge in [0.25, 0.3) is 11.8 Å². The highest BCUT2D eigenvalue weighted by Crippen LogP contribution is 2.27. The molecule has 0 aliphatic carbocycles. The molecule has 23 heavy (non-hydrogen) atoms. The van der Waals surface area contributed by atoms with E-state index in [1.54, 1.807) is 18.2 Å². The minimum atomic E-state index is -0.217. The Labute approximate surface area is 141 Å². The van der Waals surface area contributed by atoms with Gasteiger partial charge in [-0.3, -0.25) is 14.5 Å². The quantitative estimate of drug-likeness (QED) is 0.715. The van der Waals surface area contributed by atoms with Crippen molar-refractivity contribution < 1.29 is 9.59 Å². The van der Waals surface area contributed by atoms with E-state index in [4.69, 9.17) is 0 Å². The maximum Gasteiger partial charge on any atom is 0.261 e. The molecule has 5 heteroatoms. The fraction of sp³-hybridized carbons (Fsp3) is 0.111. The number of carbonyl (C=O) groups excluding carboxylic acids is 2. The zero-order chi connectivity index (χ0) is 16.0. The summed E-state index contributed by atoms with van der Waals surface area (Å²) in [7, 11) is 0. The Morgan fingerprint density at radius 2 is 1.78 bits per heavy atom. The minimum absolute atomic E-state index is 0.211. The van der Waals surface area contributed by atoms with Crippen LogP contribution in [0, 0.1) is 0 Å². The molecule has 0 saturated heterocycles. The molecule has 0 atom stereocenters. The summed E-state index contributed by atoms with van der Waals surface area (Å²) in [5.41, 5.74) is 3.13. The van der Waals surface area contributed by atoms with Crippen LogP contribution in [-0.4, -0.2) is 28.2 Å². The number of aromatic nitrogens is 1. The van der Waals surface area contributed by atoms with Crippen LogP contribution in [0.4, 0.5) is 0 Å². The van der Waals surface area contributed by atoms with Crippen molar-refractivity contribution in [1.29, 1.82) is 0 Å². The zero-order valence-corrected chi connectivity index (χ0v) is 13.8. The van der Waals surface area contributed by atoms with Crippen LogP contribution in [0.3, 0.4) is 0 Å². The maximum absolute atomic E-state index is 12.5. The van der Waals surface area contributed by atoms with Crippen molar-refractivity contribution in [2.24, 2.45) is 0 Å². The topological polar surface area (TPSA) is 53.2 Å². The average Bonchev–Trinajstić information content (AvgIpc) is 3.06. The molecule has 0 fully saturated rings. The number of rotatable bonds is 3. The van der Waals surface area contributed by atoms with Crippen LogP contribution in [0.25, 0.3) is 10.9 Å². The molecule has 1 N–H and O–H groups in total. The van der Waals surface area contributed by atoms with Gasteiger partial charge in [-0.1, -0.05) is 34.1 Å². The summed E-state index contributed by atoms with van der Waals surface area (Å²) in [6.07, 6.45) is 2.58. The summed E-state index contributed by atoms with van der Waals surface area (Å²) >= 11 is 3.34. The first-order valence-corrected chi connectivity index (χ1v) is 8.15. The Kier molecular flexibility index (Phi) is 3.31. The molecule has 0 saturated carbocycles. The number of hydrogen-bond acceptors (Lipinski definition) is 2. The highest BCUT2D eigenvalue weighted by molar-refractivity contribution is 9.10. The van der Waals surface area contributed by atoms with E-state index in [0.29, 0.717) is 24.1 Å². The van der Waals surface area contributed by atoms with E-state index in [0.717, 1.165) is 20.9 Å². The molecule has 2 heterocycles. The van der Waals surface area contributed by atoms with Crippen LogP contribution in [0.2, 0.25) is 0 Å². The SMILES string of the molecule is O=C1c2ccc(Br)cc2C(=O)N1CCc1c[nH]c2ccccc12. The van der Waals surface area contributed by atoms with Crippen molar-refractivity contribution in [3.05, 3.63) is 69.8 Å². The van der Waals surface area contributed by atoms with E-state index < -0.39 is 0 Å². The van der Waals surface area contributed by atoms with E-state index in [2.05, 4.69) is 20.9 Å². The smallest absolute Gasteiger partial charge is 0.261 e. The third kappa shape index (κ3) is 2.28. The highest BCUT2D eigenvalue weighted by Gasteiger charge is 2.35. The van der Waals surface area contributed by atoms with Crippen molar-refractivity contribution >= 4 is 38.6 Å². The number of nitrogens with one attached hydrogen (secondary N) is 1. The summed E-state index contributed by atoms with van der Waals surface area (Å²) in [6, 6.07) is 13.2. The van der Waals surface area contributed by atoms with Crippen molar-refractivity contribution in [3.63, 3.8) is 0 Å². The molecule has 2 aromatic carbocycles. The van der Waals surface area contributed by atoms with Gasteiger partial charge < -0.3 is 4.98 Å². The van der Waals surface area contributed by atoms with E-state index in [1.165, 1.54) is 4.90 Å².